The van der Waals surface area contributed by atoms with E-state index in [0.29, 0.717) is 17.2 Å². The highest BCUT2D eigenvalue weighted by Gasteiger charge is 2.45. The van der Waals surface area contributed by atoms with Gasteiger partial charge in [-0.3, -0.25) is 4.98 Å². The first-order valence-corrected chi connectivity index (χ1v) is 7.01. The Hall–Kier alpha value is -3.17. The van der Waals surface area contributed by atoms with Crippen molar-refractivity contribution in [3.63, 3.8) is 0 Å². The number of benzene rings is 1. The molecule has 0 radical (unpaired) electrons. The van der Waals surface area contributed by atoms with E-state index in [9.17, 15) is 13.6 Å². The zero-order chi connectivity index (χ0) is 16.9. The normalized spacial score (nSPS) is 16.3. The molecule has 1 atom stereocenters. The fourth-order valence-corrected chi connectivity index (χ4v) is 2.59. The number of hydrogen-bond acceptors (Lipinski definition) is 5. The van der Waals surface area contributed by atoms with Crippen molar-refractivity contribution in [1.29, 1.82) is 0 Å². The molecule has 1 aliphatic heterocycles. The highest BCUT2D eigenvalue weighted by Crippen LogP contribution is 2.46. The molecule has 8 nitrogen and oxygen atoms in total. The third-order valence-electron chi connectivity index (χ3n) is 3.67. The van der Waals surface area contributed by atoms with Crippen LogP contribution in [0.25, 0.3) is 11.4 Å². The Morgan fingerprint density at radius 2 is 2.17 bits per heavy atom. The molecule has 2 N–H and O–H groups in total. The minimum absolute atomic E-state index is 0.0621. The smallest absolute Gasteiger partial charge is 0.395 e. The Morgan fingerprint density at radius 3 is 2.92 bits per heavy atom. The molecule has 1 unspecified atom stereocenters. The molecule has 1 aliphatic rings. The molecule has 0 saturated carbocycles. The van der Waals surface area contributed by atoms with Crippen LogP contribution in [0, 0.1) is 0 Å². The molecule has 3 heterocycles. The van der Waals surface area contributed by atoms with Gasteiger partial charge in [0.05, 0.1) is 11.6 Å². The summed E-state index contributed by atoms with van der Waals surface area (Å²) in [5.41, 5.74) is -0.0881. The van der Waals surface area contributed by atoms with Gasteiger partial charge in [0.15, 0.2) is 17.3 Å². The second-order valence-electron chi connectivity index (χ2n) is 5.20. The zero-order valence-electron chi connectivity index (χ0n) is 12.3. The number of H-pyrrole nitrogens is 2. The number of aromatic nitrogens is 5. The largest absolute Gasteiger partial charge is 0.586 e. The van der Waals surface area contributed by atoms with Gasteiger partial charge in [0.1, 0.15) is 5.82 Å². The molecule has 3 aromatic rings. The Balaban J connectivity index is 1.80. The highest BCUT2D eigenvalue weighted by molar-refractivity contribution is 5.70. The molecule has 1 aromatic carbocycles. The third-order valence-corrected chi connectivity index (χ3v) is 3.67. The van der Waals surface area contributed by atoms with Gasteiger partial charge in [-0.25, -0.2) is 14.9 Å². The molecule has 24 heavy (non-hydrogen) atoms. The molecular formula is C14H11F2N5O3. The van der Waals surface area contributed by atoms with E-state index in [1.165, 1.54) is 12.3 Å². The van der Waals surface area contributed by atoms with E-state index in [4.69, 9.17) is 0 Å². The Kier molecular flexibility index (Phi) is 2.95. The Labute approximate surface area is 133 Å². The summed E-state index contributed by atoms with van der Waals surface area (Å²) in [5.74, 6) is 0.615. The lowest BCUT2D eigenvalue weighted by Crippen LogP contribution is -2.26. The van der Waals surface area contributed by atoms with Gasteiger partial charge >= 0.3 is 12.0 Å². The number of imidazole rings is 1. The van der Waals surface area contributed by atoms with Gasteiger partial charge in [-0.1, -0.05) is 6.07 Å². The van der Waals surface area contributed by atoms with Crippen molar-refractivity contribution in [2.75, 3.05) is 0 Å². The fourth-order valence-electron chi connectivity index (χ4n) is 2.59. The average molecular weight is 335 g/mol. The molecule has 0 amide bonds. The number of hydrogen-bond donors (Lipinski definition) is 2. The van der Waals surface area contributed by atoms with E-state index in [0.717, 1.165) is 0 Å². The molecule has 10 heteroatoms. The molecule has 124 valence electrons. The molecule has 0 saturated heterocycles. The number of nitrogens with zero attached hydrogens (tertiary/aromatic N) is 3. The summed E-state index contributed by atoms with van der Waals surface area (Å²) in [6.07, 6.45) is -0.542. The Morgan fingerprint density at radius 1 is 1.33 bits per heavy atom. The topological polar surface area (TPSA) is 97.8 Å². The van der Waals surface area contributed by atoms with Crippen LogP contribution in [0.15, 0.2) is 35.4 Å². The lowest BCUT2D eigenvalue weighted by atomic mass is 10.1. The number of para-hydroxylation sites is 1. The number of fused-ring (bicyclic) bond motifs is 1. The third kappa shape index (κ3) is 2.23. The molecule has 0 bridgehead atoms. The quantitative estimate of drug-likeness (QED) is 0.762. The molecule has 0 spiro atoms. The van der Waals surface area contributed by atoms with Gasteiger partial charge in [-0.2, -0.15) is 5.10 Å². The van der Waals surface area contributed by atoms with Gasteiger partial charge < -0.3 is 14.0 Å². The van der Waals surface area contributed by atoms with Crippen LogP contribution in [-0.2, 0) is 0 Å². The van der Waals surface area contributed by atoms with Crippen molar-refractivity contribution in [2.45, 2.75) is 19.3 Å². The first-order valence-electron chi connectivity index (χ1n) is 7.01. The molecule has 4 rings (SSSR count). The Bertz CT molecular complexity index is 961. The van der Waals surface area contributed by atoms with Crippen molar-refractivity contribution < 1.29 is 18.3 Å². The van der Waals surface area contributed by atoms with Crippen LogP contribution in [0.2, 0.25) is 0 Å². The van der Waals surface area contributed by atoms with E-state index in [1.54, 1.807) is 29.8 Å². The van der Waals surface area contributed by atoms with E-state index < -0.39 is 12.0 Å². The summed E-state index contributed by atoms with van der Waals surface area (Å²) in [5, 5.41) is 6.17. The van der Waals surface area contributed by atoms with Crippen LogP contribution in [-0.4, -0.2) is 31.0 Å². The van der Waals surface area contributed by atoms with Crippen LogP contribution in [0.5, 0.6) is 11.5 Å². The van der Waals surface area contributed by atoms with Crippen molar-refractivity contribution in [3.8, 4) is 22.9 Å². The SMILES string of the molecule is CC(c1n[nH]c(=O)[nH]1)n1ccnc1-c1cccc2c1OC(F)(F)O2. The van der Waals surface area contributed by atoms with Gasteiger partial charge in [-0.15, -0.1) is 8.78 Å². The second-order valence-corrected chi connectivity index (χ2v) is 5.20. The maximum atomic E-state index is 13.4. The van der Waals surface area contributed by atoms with Crippen LogP contribution >= 0.6 is 0 Å². The number of rotatable bonds is 3. The molecular weight excluding hydrogens is 324 g/mol. The highest BCUT2D eigenvalue weighted by atomic mass is 19.3. The minimum atomic E-state index is -3.71. The number of ether oxygens (including phenoxy) is 2. The van der Waals surface area contributed by atoms with E-state index in [1.807, 2.05) is 0 Å². The summed E-state index contributed by atoms with van der Waals surface area (Å²) < 4.78 is 37.5. The second kappa shape index (κ2) is 4.91. The van der Waals surface area contributed by atoms with Crippen molar-refractivity contribution in [3.05, 3.63) is 46.9 Å². The van der Waals surface area contributed by atoms with E-state index in [2.05, 4.69) is 29.6 Å². The summed E-state index contributed by atoms with van der Waals surface area (Å²) in [7, 11) is 0. The number of alkyl halides is 2. The maximum Gasteiger partial charge on any atom is 0.586 e. The first-order chi connectivity index (χ1) is 11.4. The standard InChI is InChI=1S/C14H11F2N5O3/c1-7(11-18-13(22)20-19-11)21-6-5-17-12(21)8-3-2-4-9-10(8)24-14(15,16)23-9/h2-7H,1H3,(H2,18,19,20,22). The van der Waals surface area contributed by atoms with Gasteiger partial charge in [-0.05, 0) is 19.1 Å². The summed E-state index contributed by atoms with van der Waals surface area (Å²) in [6.45, 7) is 1.78. The zero-order valence-corrected chi connectivity index (χ0v) is 12.3. The van der Waals surface area contributed by atoms with Gasteiger partial charge in [0.2, 0.25) is 0 Å². The van der Waals surface area contributed by atoms with Crippen LogP contribution < -0.4 is 15.2 Å². The molecule has 0 aliphatic carbocycles. The lowest BCUT2D eigenvalue weighted by Gasteiger charge is -2.14. The summed E-state index contributed by atoms with van der Waals surface area (Å²) >= 11 is 0. The van der Waals surface area contributed by atoms with Crippen molar-refractivity contribution in [2.24, 2.45) is 0 Å². The summed E-state index contributed by atoms with van der Waals surface area (Å²) in [4.78, 5) is 18.0. The monoisotopic (exact) mass is 335 g/mol. The number of nitrogens with one attached hydrogen (secondary N) is 2. The van der Waals surface area contributed by atoms with Crippen LogP contribution in [0.1, 0.15) is 18.8 Å². The maximum absolute atomic E-state index is 13.4. The van der Waals surface area contributed by atoms with Gasteiger partial charge in [0, 0.05) is 12.4 Å². The van der Waals surface area contributed by atoms with Crippen LogP contribution in [0.3, 0.4) is 0 Å². The minimum Gasteiger partial charge on any atom is -0.395 e. The average Bonchev–Trinajstić information content (AvgIpc) is 3.22. The van der Waals surface area contributed by atoms with Crippen LogP contribution in [0.4, 0.5) is 8.78 Å². The first kappa shape index (κ1) is 14.4. The van der Waals surface area contributed by atoms with Crippen molar-refractivity contribution >= 4 is 0 Å². The molecule has 0 fully saturated rings. The number of aromatic amines is 2. The van der Waals surface area contributed by atoms with E-state index >= 15 is 0 Å². The number of halogens is 2. The lowest BCUT2D eigenvalue weighted by molar-refractivity contribution is -0.286. The predicted octanol–water partition coefficient (Wildman–Crippen LogP) is 1.89. The fraction of sp³-hybridized carbons (Fsp3) is 0.214. The van der Waals surface area contributed by atoms with Crippen molar-refractivity contribution in [1.82, 2.24) is 24.7 Å². The summed E-state index contributed by atoms with van der Waals surface area (Å²) in [6, 6.07) is 4.17. The predicted molar refractivity (Wildman–Crippen MR) is 76.9 cm³/mol. The molecule has 2 aromatic heterocycles. The van der Waals surface area contributed by atoms with E-state index in [-0.39, 0.29) is 17.5 Å². The van der Waals surface area contributed by atoms with Gasteiger partial charge in [0.25, 0.3) is 0 Å².